The van der Waals surface area contributed by atoms with Gasteiger partial charge in [0.2, 0.25) is 11.8 Å². The summed E-state index contributed by atoms with van der Waals surface area (Å²) >= 11 is 6.04. The molecule has 0 saturated carbocycles. The van der Waals surface area contributed by atoms with E-state index in [1.54, 1.807) is 0 Å². The number of aryl methyl sites for hydroxylation is 1. The Morgan fingerprint density at radius 2 is 2.18 bits per heavy atom. The first-order chi connectivity index (χ1) is 8.15. The SMILES string of the molecule is CCOc1cc(C)nc(NCCC(Cl)CC)n1. The molecule has 1 N–H and O–H groups in total. The molecule has 5 heteroatoms. The fourth-order valence-electron chi connectivity index (χ4n) is 1.39. The van der Waals surface area contributed by atoms with Crippen molar-refractivity contribution in [3.8, 4) is 5.88 Å². The second-order valence-corrected chi connectivity index (χ2v) is 4.44. The lowest BCUT2D eigenvalue weighted by Crippen LogP contribution is -2.11. The number of halogens is 1. The van der Waals surface area contributed by atoms with E-state index >= 15 is 0 Å². The van der Waals surface area contributed by atoms with E-state index < -0.39 is 0 Å². The molecule has 1 atom stereocenters. The molecule has 96 valence electrons. The molecule has 0 aliphatic carbocycles. The number of hydrogen-bond donors (Lipinski definition) is 1. The first kappa shape index (κ1) is 14.0. The molecule has 4 nitrogen and oxygen atoms in total. The van der Waals surface area contributed by atoms with Crippen LogP contribution in [-0.4, -0.2) is 28.5 Å². The average molecular weight is 258 g/mol. The molecule has 1 heterocycles. The third-order valence-electron chi connectivity index (χ3n) is 2.31. The van der Waals surface area contributed by atoms with Gasteiger partial charge in [0.15, 0.2) is 0 Å². The fourth-order valence-corrected chi connectivity index (χ4v) is 1.49. The third kappa shape index (κ3) is 5.22. The van der Waals surface area contributed by atoms with Gasteiger partial charge in [-0.1, -0.05) is 6.92 Å². The molecule has 0 radical (unpaired) electrons. The Kier molecular flexibility index (Phi) is 6.05. The first-order valence-electron chi connectivity index (χ1n) is 6.02. The van der Waals surface area contributed by atoms with Gasteiger partial charge in [-0.2, -0.15) is 4.98 Å². The van der Waals surface area contributed by atoms with Gasteiger partial charge >= 0.3 is 0 Å². The molecule has 1 aromatic heterocycles. The number of rotatable bonds is 7. The summed E-state index contributed by atoms with van der Waals surface area (Å²) in [5, 5.41) is 3.37. The van der Waals surface area contributed by atoms with E-state index in [4.69, 9.17) is 16.3 Å². The normalized spacial score (nSPS) is 12.2. The Bertz CT molecular complexity index is 347. The van der Waals surface area contributed by atoms with Crippen molar-refractivity contribution in [1.29, 1.82) is 0 Å². The highest BCUT2D eigenvalue weighted by Gasteiger charge is 2.04. The largest absolute Gasteiger partial charge is 0.478 e. The van der Waals surface area contributed by atoms with Crippen molar-refractivity contribution in [3.63, 3.8) is 0 Å². The van der Waals surface area contributed by atoms with Crippen LogP contribution in [-0.2, 0) is 0 Å². The van der Waals surface area contributed by atoms with Gasteiger partial charge in [-0.25, -0.2) is 4.98 Å². The Labute approximate surface area is 108 Å². The summed E-state index contributed by atoms with van der Waals surface area (Å²) in [6.45, 7) is 7.32. The van der Waals surface area contributed by atoms with Gasteiger partial charge in [0.25, 0.3) is 0 Å². The Hall–Kier alpha value is -1.03. The summed E-state index contributed by atoms with van der Waals surface area (Å²) in [7, 11) is 0. The minimum atomic E-state index is 0.207. The van der Waals surface area contributed by atoms with Crippen LogP contribution in [0.4, 0.5) is 5.95 Å². The van der Waals surface area contributed by atoms with Crippen molar-refractivity contribution in [1.82, 2.24) is 9.97 Å². The number of nitrogens with zero attached hydrogens (tertiary/aromatic N) is 2. The molecule has 0 saturated heterocycles. The van der Waals surface area contributed by atoms with Gasteiger partial charge < -0.3 is 10.1 Å². The molecule has 0 bridgehead atoms. The van der Waals surface area contributed by atoms with Gasteiger partial charge in [-0.05, 0) is 26.7 Å². The maximum absolute atomic E-state index is 6.04. The molecule has 1 aromatic rings. The number of alkyl halides is 1. The quantitative estimate of drug-likeness (QED) is 0.763. The van der Waals surface area contributed by atoms with E-state index in [-0.39, 0.29) is 5.38 Å². The third-order valence-corrected chi connectivity index (χ3v) is 2.83. The number of anilines is 1. The lowest BCUT2D eigenvalue weighted by atomic mass is 10.2. The summed E-state index contributed by atoms with van der Waals surface area (Å²) in [5.41, 5.74) is 0.892. The van der Waals surface area contributed by atoms with E-state index in [2.05, 4.69) is 22.2 Å². The summed E-state index contributed by atoms with van der Waals surface area (Å²) in [6, 6.07) is 1.82. The molecule has 0 aromatic carbocycles. The van der Waals surface area contributed by atoms with Crippen LogP contribution in [0.1, 0.15) is 32.4 Å². The van der Waals surface area contributed by atoms with Gasteiger partial charge in [0, 0.05) is 23.7 Å². The Morgan fingerprint density at radius 1 is 1.41 bits per heavy atom. The van der Waals surface area contributed by atoms with Crippen LogP contribution >= 0.6 is 11.6 Å². The molecular weight excluding hydrogens is 238 g/mol. The summed E-state index contributed by atoms with van der Waals surface area (Å²) in [5.74, 6) is 1.22. The Morgan fingerprint density at radius 3 is 2.82 bits per heavy atom. The average Bonchev–Trinajstić information content (AvgIpc) is 2.28. The van der Waals surface area contributed by atoms with Crippen LogP contribution in [0.25, 0.3) is 0 Å². The fraction of sp³-hybridized carbons (Fsp3) is 0.667. The van der Waals surface area contributed by atoms with Gasteiger partial charge in [0.05, 0.1) is 6.61 Å². The summed E-state index contributed by atoms with van der Waals surface area (Å²) in [6.07, 6.45) is 1.88. The maximum atomic E-state index is 6.04. The second-order valence-electron chi connectivity index (χ2n) is 3.83. The van der Waals surface area contributed by atoms with E-state index in [9.17, 15) is 0 Å². The lowest BCUT2D eigenvalue weighted by molar-refractivity contribution is 0.326. The van der Waals surface area contributed by atoms with Crippen LogP contribution in [0.3, 0.4) is 0 Å². The predicted molar refractivity (Wildman–Crippen MR) is 71.0 cm³/mol. The molecule has 0 fully saturated rings. The van der Waals surface area contributed by atoms with E-state index in [0.717, 1.165) is 25.1 Å². The highest BCUT2D eigenvalue weighted by atomic mass is 35.5. The molecule has 0 aliphatic heterocycles. The van der Waals surface area contributed by atoms with Crippen molar-refractivity contribution >= 4 is 17.5 Å². The van der Waals surface area contributed by atoms with E-state index in [1.807, 2.05) is 19.9 Å². The molecule has 17 heavy (non-hydrogen) atoms. The number of hydrogen-bond acceptors (Lipinski definition) is 4. The summed E-state index contributed by atoms with van der Waals surface area (Å²) < 4.78 is 5.36. The zero-order valence-corrected chi connectivity index (χ0v) is 11.4. The van der Waals surface area contributed by atoms with E-state index in [0.29, 0.717) is 18.4 Å². The van der Waals surface area contributed by atoms with Gasteiger partial charge in [0.1, 0.15) is 0 Å². The minimum absolute atomic E-state index is 0.207. The lowest BCUT2D eigenvalue weighted by Gasteiger charge is -2.09. The molecule has 1 unspecified atom stereocenters. The van der Waals surface area contributed by atoms with Crippen molar-refractivity contribution in [2.24, 2.45) is 0 Å². The van der Waals surface area contributed by atoms with Crippen LogP contribution in [0.5, 0.6) is 5.88 Å². The van der Waals surface area contributed by atoms with Crippen molar-refractivity contribution < 1.29 is 4.74 Å². The highest BCUT2D eigenvalue weighted by Crippen LogP contribution is 2.12. The Balaban J connectivity index is 2.52. The minimum Gasteiger partial charge on any atom is -0.478 e. The second kappa shape index (κ2) is 7.33. The molecule has 0 spiro atoms. The monoisotopic (exact) mass is 257 g/mol. The number of nitrogens with one attached hydrogen (secondary N) is 1. The molecular formula is C12H20ClN3O. The highest BCUT2D eigenvalue weighted by molar-refractivity contribution is 6.20. The molecule has 0 aliphatic rings. The zero-order chi connectivity index (χ0) is 12.7. The number of ether oxygens (including phenoxy) is 1. The molecule has 1 rings (SSSR count). The summed E-state index contributed by atoms with van der Waals surface area (Å²) in [4.78, 5) is 8.55. The first-order valence-corrected chi connectivity index (χ1v) is 6.45. The van der Waals surface area contributed by atoms with Crippen molar-refractivity contribution in [3.05, 3.63) is 11.8 Å². The van der Waals surface area contributed by atoms with Crippen LogP contribution in [0.15, 0.2) is 6.07 Å². The standard InChI is InChI=1S/C12H20ClN3O/c1-4-10(13)6-7-14-12-15-9(3)8-11(16-12)17-5-2/h8,10H,4-7H2,1-3H3,(H,14,15,16). The van der Waals surface area contributed by atoms with Crippen molar-refractivity contribution in [2.75, 3.05) is 18.5 Å². The van der Waals surface area contributed by atoms with Crippen LogP contribution in [0.2, 0.25) is 0 Å². The topological polar surface area (TPSA) is 47.0 Å². The van der Waals surface area contributed by atoms with Gasteiger partial charge in [-0.15, -0.1) is 11.6 Å². The molecule has 0 amide bonds. The van der Waals surface area contributed by atoms with Crippen LogP contribution in [0, 0.1) is 6.92 Å². The van der Waals surface area contributed by atoms with E-state index in [1.165, 1.54) is 0 Å². The van der Waals surface area contributed by atoms with Crippen LogP contribution < -0.4 is 10.1 Å². The van der Waals surface area contributed by atoms with Gasteiger partial charge in [-0.3, -0.25) is 0 Å². The maximum Gasteiger partial charge on any atom is 0.226 e. The zero-order valence-electron chi connectivity index (χ0n) is 10.7. The predicted octanol–water partition coefficient (Wildman–Crippen LogP) is 3.00. The smallest absolute Gasteiger partial charge is 0.226 e. The number of aromatic nitrogens is 2. The van der Waals surface area contributed by atoms with Crippen molar-refractivity contribution in [2.45, 2.75) is 39.0 Å².